The van der Waals surface area contributed by atoms with E-state index in [1.54, 1.807) is 31.2 Å². The molecule has 0 aliphatic heterocycles. The van der Waals surface area contributed by atoms with E-state index in [4.69, 9.17) is 15.6 Å². The minimum absolute atomic E-state index is 0.288. The minimum atomic E-state index is -5.08. The van der Waals surface area contributed by atoms with Gasteiger partial charge in [0.15, 0.2) is 0 Å². The van der Waals surface area contributed by atoms with Gasteiger partial charge in [-0.2, -0.15) is 13.2 Å². The van der Waals surface area contributed by atoms with E-state index >= 15 is 0 Å². The van der Waals surface area contributed by atoms with Crippen LogP contribution in [-0.4, -0.2) is 54.2 Å². The Morgan fingerprint density at radius 1 is 1.08 bits per heavy atom. The van der Waals surface area contributed by atoms with Crippen LogP contribution in [0.15, 0.2) is 66.7 Å². The molecule has 200 valence electrons. The van der Waals surface area contributed by atoms with E-state index in [-0.39, 0.29) is 17.9 Å². The first kappa shape index (κ1) is 30.8. The summed E-state index contributed by atoms with van der Waals surface area (Å²) in [7, 11) is 1.29. The number of hydrogen-bond acceptors (Lipinski definition) is 6. The van der Waals surface area contributed by atoms with Gasteiger partial charge in [-0.1, -0.05) is 42.5 Å². The third-order valence-electron chi connectivity index (χ3n) is 4.60. The standard InChI is InChI=1S/C23H27N3O4.C2HF3O2/c1-16(24)22(28)26-19(12-11-17-7-4-3-5-8-17)13-14-21(27)25-20-10-6-9-18(15-20)23(29)30-2;3-2(4,5)1(6)7/h3-10,13-16,19H,11-12,24H2,1-2H3,(H,25,27)(H,26,28);(H,6,7)/b14-13+;/t16-,19-;/m0./s1. The minimum Gasteiger partial charge on any atom is -0.475 e. The van der Waals surface area contributed by atoms with Gasteiger partial charge in [-0.05, 0) is 43.5 Å². The Bertz CT molecular complexity index is 1090. The number of esters is 1. The molecule has 0 saturated carbocycles. The van der Waals surface area contributed by atoms with Gasteiger partial charge in [0.2, 0.25) is 11.8 Å². The molecule has 0 unspecified atom stereocenters. The number of amides is 2. The second kappa shape index (κ2) is 15.0. The van der Waals surface area contributed by atoms with Crippen LogP contribution >= 0.6 is 0 Å². The largest absolute Gasteiger partial charge is 0.490 e. The SMILES string of the molecule is COC(=O)c1cccc(NC(=O)/C=C/[C@H](CCc2ccccc2)NC(=O)[C@H](C)N)c1.O=C(O)C(F)(F)F. The summed E-state index contributed by atoms with van der Waals surface area (Å²) in [6, 6.07) is 15.3. The number of hydrogen-bond donors (Lipinski definition) is 4. The van der Waals surface area contributed by atoms with Gasteiger partial charge in [-0.25, -0.2) is 9.59 Å². The van der Waals surface area contributed by atoms with E-state index in [2.05, 4.69) is 15.4 Å². The van der Waals surface area contributed by atoms with Crippen molar-refractivity contribution in [2.24, 2.45) is 5.73 Å². The fourth-order valence-electron chi connectivity index (χ4n) is 2.73. The first-order chi connectivity index (χ1) is 17.3. The van der Waals surface area contributed by atoms with Gasteiger partial charge in [0.1, 0.15) is 0 Å². The number of halogens is 3. The van der Waals surface area contributed by atoms with Gasteiger partial charge in [0, 0.05) is 17.8 Å². The summed E-state index contributed by atoms with van der Waals surface area (Å²) in [5.41, 5.74) is 7.58. The van der Waals surface area contributed by atoms with Gasteiger partial charge in [-0.3, -0.25) is 9.59 Å². The third kappa shape index (κ3) is 12.4. The van der Waals surface area contributed by atoms with E-state index in [1.165, 1.54) is 19.3 Å². The van der Waals surface area contributed by atoms with Crippen LogP contribution in [0.3, 0.4) is 0 Å². The molecule has 0 radical (unpaired) electrons. The van der Waals surface area contributed by atoms with Gasteiger partial charge < -0.3 is 26.2 Å². The molecule has 0 spiro atoms. The summed E-state index contributed by atoms with van der Waals surface area (Å²) in [6.45, 7) is 1.61. The van der Waals surface area contributed by atoms with Crippen LogP contribution < -0.4 is 16.4 Å². The Balaban J connectivity index is 0.000000856. The predicted octanol–water partition coefficient (Wildman–Crippen LogP) is 3.07. The average molecular weight is 524 g/mol. The zero-order valence-electron chi connectivity index (χ0n) is 20.1. The molecule has 0 bridgehead atoms. The van der Waals surface area contributed by atoms with Crippen molar-refractivity contribution in [3.8, 4) is 0 Å². The van der Waals surface area contributed by atoms with Crippen molar-refractivity contribution in [2.75, 3.05) is 12.4 Å². The van der Waals surface area contributed by atoms with Crippen LogP contribution in [-0.2, 0) is 25.5 Å². The molecule has 5 N–H and O–H groups in total. The van der Waals surface area contributed by atoms with E-state index in [0.29, 0.717) is 17.7 Å². The van der Waals surface area contributed by atoms with E-state index in [0.717, 1.165) is 12.0 Å². The number of rotatable bonds is 9. The average Bonchev–Trinajstić information content (AvgIpc) is 2.85. The summed E-state index contributed by atoms with van der Waals surface area (Å²) in [5.74, 6) is -3.91. The number of methoxy groups -OCH3 is 1. The van der Waals surface area contributed by atoms with Gasteiger partial charge in [-0.15, -0.1) is 0 Å². The number of nitrogens with one attached hydrogen (secondary N) is 2. The number of benzene rings is 2. The normalized spacial score (nSPS) is 12.5. The van der Waals surface area contributed by atoms with Crippen LogP contribution in [0, 0.1) is 0 Å². The predicted molar refractivity (Wildman–Crippen MR) is 130 cm³/mol. The fourth-order valence-corrected chi connectivity index (χ4v) is 2.73. The number of carbonyl (C=O) groups is 4. The molecule has 0 aliphatic carbocycles. The van der Waals surface area contributed by atoms with E-state index in [1.807, 2.05) is 30.3 Å². The Labute approximate surface area is 211 Å². The maximum atomic E-state index is 12.3. The molecule has 2 atom stereocenters. The van der Waals surface area contributed by atoms with E-state index in [9.17, 15) is 27.6 Å². The number of carboxylic acids is 1. The molecule has 9 nitrogen and oxygen atoms in total. The number of alkyl halides is 3. The molecule has 0 aliphatic rings. The molecule has 0 aromatic heterocycles. The number of ether oxygens (including phenoxy) is 1. The second-order valence-corrected chi connectivity index (χ2v) is 7.65. The maximum absolute atomic E-state index is 12.3. The Morgan fingerprint density at radius 2 is 1.70 bits per heavy atom. The van der Waals surface area contributed by atoms with Crippen LogP contribution in [0.2, 0.25) is 0 Å². The number of carbonyl (C=O) groups excluding carboxylic acids is 3. The lowest BCUT2D eigenvalue weighted by Crippen LogP contribution is -2.43. The molecule has 12 heteroatoms. The monoisotopic (exact) mass is 523 g/mol. The summed E-state index contributed by atoms with van der Waals surface area (Å²) in [4.78, 5) is 44.8. The van der Waals surface area contributed by atoms with Crippen LogP contribution in [0.5, 0.6) is 0 Å². The summed E-state index contributed by atoms with van der Waals surface area (Å²) >= 11 is 0. The summed E-state index contributed by atoms with van der Waals surface area (Å²) in [5, 5.41) is 12.7. The maximum Gasteiger partial charge on any atom is 0.490 e. The molecule has 0 heterocycles. The number of aliphatic carboxylic acids is 1. The lowest BCUT2D eigenvalue weighted by atomic mass is 10.0. The molecule has 2 aromatic carbocycles. The molecule has 2 amide bonds. The second-order valence-electron chi connectivity index (χ2n) is 7.65. The van der Waals surface area contributed by atoms with Gasteiger partial charge in [0.25, 0.3) is 0 Å². The van der Waals surface area contributed by atoms with Crippen LogP contribution in [0.25, 0.3) is 0 Å². The van der Waals surface area contributed by atoms with Crippen LogP contribution in [0.1, 0.15) is 29.3 Å². The quantitative estimate of drug-likeness (QED) is 0.292. The first-order valence-electron chi connectivity index (χ1n) is 10.9. The van der Waals surface area contributed by atoms with Crippen molar-refractivity contribution in [1.29, 1.82) is 0 Å². The van der Waals surface area contributed by atoms with Crippen molar-refractivity contribution in [2.45, 2.75) is 38.0 Å². The Hall–Kier alpha value is -4.19. The third-order valence-corrected chi connectivity index (χ3v) is 4.60. The van der Waals surface area contributed by atoms with Crippen molar-refractivity contribution >= 4 is 29.4 Å². The van der Waals surface area contributed by atoms with Crippen molar-refractivity contribution < 1.29 is 42.2 Å². The fraction of sp³-hybridized carbons (Fsp3) is 0.280. The molecular formula is C25H28F3N3O6. The molecule has 0 saturated heterocycles. The smallest absolute Gasteiger partial charge is 0.475 e. The summed E-state index contributed by atoms with van der Waals surface area (Å²) in [6.07, 6.45) is -0.730. The zero-order chi connectivity index (χ0) is 28.0. The van der Waals surface area contributed by atoms with Crippen molar-refractivity contribution in [3.05, 3.63) is 77.9 Å². The molecule has 37 heavy (non-hydrogen) atoms. The molecule has 0 fully saturated rings. The van der Waals surface area contributed by atoms with Crippen molar-refractivity contribution in [3.63, 3.8) is 0 Å². The number of carboxylic acid groups (broad SMARTS) is 1. The van der Waals surface area contributed by atoms with Crippen LogP contribution in [0.4, 0.5) is 18.9 Å². The number of anilines is 1. The highest BCUT2D eigenvalue weighted by Crippen LogP contribution is 2.13. The number of aryl methyl sites for hydroxylation is 1. The highest BCUT2D eigenvalue weighted by molar-refractivity contribution is 6.00. The Morgan fingerprint density at radius 3 is 2.24 bits per heavy atom. The van der Waals surface area contributed by atoms with Crippen molar-refractivity contribution in [1.82, 2.24) is 5.32 Å². The summed E-state index contributed by atoms with van der Waals surface area (Å²) < 4.78 is 36.4. The highest BCUT2D eigenvalue weighted by atomic mass is 19.4. The lowest BCUT2D eigenvalue weighted by Gasteiger charge is -2.17. The molecular weight excluding hydrogens is 495 g/mol. The number of nitrogens with two attached hydrogens (primary N) is 1. The van der Waals surface area contributed by atoms with E-state index < -0.39 is 24.2 Å². The first-order valence-corrected chi connectivity index (χ1v) is 10.9. The Kier molecular flexibility index (Phi) is 12.5. The molecule has 2 aromatic rings. The van der Waals surface area contributed by atoms with Gasteiger partial charge in [0.05, 0.1) is 18.7 Å². The lowest BCUT2D eigenvalue weighted by molar-refractivity contribution is -0.192. The van der Waals surface area contributed by atoms with Gasteiger partial charge >= 0.3 is 18.1 Å². The highest BCUT2D eigenvalue weighted by Gasteiger charge is 2.38. The zero-order valence-corrected chi connectivity index (χ0v) is 20.1. The topological polar surface area (TPSA) is 148 Å². The molecule has 2 rings (SSSR count).